The first-order valence-electron chi connectivity index (χ1n) is 6.40. The number of aromatic amines is 1. The molecule has 0 aliphatic carbocycles. The Labute approximate surface area is 121 Å². The Morgan fingerprint density at radius 1 is 1.09 bits per heavy atom. The molecule has 8 heteroatoms. The molecule has 3 heterocycles. The summed E-state index contributed by atoms with van der Waals surface area (Å²) in [6.07, 6.45) is 0. The number of aromatic nitrogens is 4. The van der Waals surface area contributed by atoms with E-state index < -0.39 is 11.3 Å². The van der Waals surface area contributed by atoms with Gasteiger partial charge in [0.2, 0.25) is 5.82 Å². The predicted octanol–water partition coefficient (Wildman–Crippen LogP) is 1.39. The van der Waals surface area contributed by atoms with Crippen molar-refractivity contribution in [3.8, 4) is 11.4 Å². The number of para-hydroxylation sites is 1. The monoisotopic (exact) mass is 296 g/mol. The third kappa shape index (κ3) is 1.60. The molecule has 0 radical (unpaired) electrons. The zero-order valence-corrected chi connectivity index (χ0v) is 11.3. The molecule has 0 fully saturated rings. The van der Waals surface area contributed by atoms with Gasteiger partial charge in [0.15, 0.2) is 5.58 Å². The molecular weight excluding hydrogens is 288 g/mol. The maximum absolute atomic E-state index is 12.3. The Morgan fingerprint density at radius 3 is 2.68 bits per heavy atom. The predicted molar refractivity (Wildman–Crippen MR) is 76.4 cm³/mol. The van der Waals surface area contributed by atoms with Gasteiger partial charge in [0.1, 0.15) is 16.5 Å². The summed E-state index contributed by atoms with van der Waals surface area (Å²) in [4.78, 5) is 24.5. The third-order valence-electron chi connectivity index (χ3n) is 3.48. The number of nitrogens with one attached hydrogen (secondary N) is 1. The summed E-state index contributed by atoms with van der Waals surface area (Å²) in [7, 11) is 0. The highest BCUT2D eigenvalue weighted by Gasteiger charge is 2.21. The Morgan fingerprint density at radius 2 is 1.91 bits per heavy atom. The number of nitrogens with zero attached hydrogens (tertiary/aromatic N) is 3. The molecule has 0 aliphatic heterocycles. The minimum atomic E-state index is -0.637. The van der Waals surface area contributed by atoms with Crippen LogP contribution in [0.5, 0.6) is 0 Å². The summed E-state index contributed by atoms with van der Waals surface area (Å²) in [6.45, 7) is 1.62. The van der Waals surface area contributed by atoms with Crippen LogP contribution in [0.1, 0.15) is 5.56 Å². The largest absolute Gasteiger partial charge is 0.422 e. The van der Waals surface area contributed by atoms with Gasteiger partial charge in [-0.25, -0.2) is 9.59 Å². The normalized spacial score (nSPS) is 11.3. The van der Waals surface area contributed by atoms with Gasteiger partial charge in [0, 0.05) is 0 Å². The zero-order valence-electron chi connectivity index (χ0n) is 11.3. The summed E-state index contributed by atoms with van der Waals surface area (Å²) in [5.41, 5.74) is -0.186. The molecule has 108 valence electrons. The van der Waals surface area contributed by atoms with Crippen molar-refractivity contribution in [2.45, 2.75) is 6.92 Å². The maximum atomic E-state index is 12.3. The second-order valence-corrected chi connectivity index (χ2v) is 4.71. The summed E-state index contributed by atoms with van der Waals surface area (Å²) >= 11 is 0. The number of aryl methyl sites for hydroxylation is 1. The Balaban J connectivity index is 2.26. The van der Waals surface area contributed by atoms with Crippen LogP contribution in [0.2, 0.25) is 0 Å². The van der Waals surface area contributed by atoms with Gasteiger partial charge in [-0.1, -0.05) is 12.1 Å². The van der Waals surface area contributed by atoms with Crippen molar-refractivity contribution >= 4 is 21.9 Å². The van der Waals surface area contributed by atoms with E-state index in [4.69, 9.17) is 8.83 Å². The van der Waals surface area contributed by atoms with Crippen LogP contribution in [0.15, 0.2) is 42.7 Å². The van der Waals surface area contributed by atoms with Gasteiger partial charge < -0.3 is 8.83 Å². The van der Waals surface area contributed by atoms with Crippen LogP contribution in [0.25, 0.3) is 33.3 Å². The summed E-state index contributed by atoms with van der Waals surface area (Å²) in [6, 6.07) is 6.86. The zero-order chi connectivity index (χ0) is 15.3. The van der Waals surface area contributed by atoms with E-state index in [9.17, 15) is 9.59 Å². The van der Waals surface area contributed by atoms with Crippen LogP contribution in [-0.4, -0.2) is 20.6 Å². The van der Waals surface area contributed by atoms with Gasteiger partial charge in [-0.2, -0.15) is 5.21 Å². The molecule has 0 unspecified atom stereocenters. The molecule has 0 saturated carbocycles. The Hall–Kier alpha value is -3.29. The Bertz CT molecular complexity index is 1130. The van der Waals surface area contributed by atoms with Gasteiger partial charge in [-0.15, -0.1) is 10.2 Å². The lowest BCUT2D eigenvalue weighted by atomic mass is 10.1. The number of tetrazole rings is 1. The highest BCUT2D eigenvalue weighted by molar-refractivity contribution is 6.02. The lowest BCUT2D eigenvalue weighted by Gasteiger charge is -2.05. The van der Waals surface area contributed by atoms with Crippen LogP contribution >= 0.6 is 0 Å². The third-order valence-corrected chi connectivity index (χ3v) is 3.48. The summed E-state index contributed by atoms with van der Waals surface area (Å²) in [5.74, 6) is 0.0701. The highest BCUT2D eigenvalue weighted by Crippen LogP contribution is 2.27. The minimum Gasteiger partial charge on any atom is -0.422 e. The lowest BCUT2D eigenvalue weighted by Crippen LogP contribution is -2.12. The fourth-order valence-electron chi connectivity index (χ4n) is 2.50. The van der Waals surface area contributed by atoms with E-state index in [1.807, 2.05) is 0 Å². The van der Waals surface area contributed by atoms with E-state index in [1.165, 1.54) is 0 Å². The van der Waals surface area contributed by atoms with Crippen LogP contribution < -0.4 is 11.3 Å². The number of hydrogen-bond acceptors (Lipinski definition) is 7. The van der Waals surface area contributed by atoms with E-state index in [0.29, 0.717) is 16.5 Å². The van der Waals surface area contributed by atoms with Gasteiger partial charge >= 0.3 is 11.3 Å². The molecule has 0 saturated heterocycles. The highest BCUT2D eigenvalue weighted by atomic mass is 16.4. The van der Waals surface area contributed by atoms with Gasteiger partial charge in [0.05, 0.1) is 5.39 Å². The van der Waals surface area contributed by atoms with Crippen LogP contribution in [0, 0.1) is 6.92 Å². The second kappa shape index (κ2) is 4.35. The van der Waals surface area contributed by atoms with Crippen LogP contribution in [-0.2, 0) is 0 Å². The van der Waals surface area contributed by atoms with E-state index in [-0.39, 0.29) is 22.4 Å². The molecule has 0 atom stereocenters. The molecule has 0 bridgehead atoms. The average Bonchev–Trinajstić information content (AvgIpc) is 3.00. The fraction of sp³-hybridized carbons (Fsp3) is 0.0714. The molecule has 8 nitrogen and oxygen atoms in total. The molecule has 22 heavy (non-hydrogen) atoms. The fourth-order valence-corrected chi connectivity index (χ4v) is 2.50. The molecule has 0 amide bonds. The van der Waals surface area contributed by atoms with Crippen molar-refractivity contribution in [3.05, 3.63) is 50.7 Å². The standard InChI is InChI=1S/C14H8N4O4/c1-6-9-11(7-4-2-3-5-8(7)21-13(9)19)22-14(20)10(6)12-15-17-18-16-12/h2-5H,1H3,(H,15,16,17,18). The van der Waals surface area contributed by atoms with E-state index in [1.54, 1.807) is 31.2 Å². The van der Waals surface area contributed by atoms with Gasteiger partial charge in [0.25, 0.3) is 0 Å². The maximum Gasteiger partial charge on any atom is 0.347 e. The Kier molecular flexibility index (Phi) is 2.46. The quantitative estimate of drug-likeness (QED) is 0.417. The minimum absolute atomic E-state index is 0.0701. The molecule has 0 spiro atoms. The van der Waals surface area contributed by atoms with Crippen molar-refractivity contribution in [1.29, 1.82) is 0 Å². The SMILES string of the molecule is Cc1c(-c2nn[nH]n2)c(=O)oc2c1c(=O)oc1ccccc12. The van der Waals surface area contributed by atoms with Crippen molar-refractivity contribution in [2.75, 3.05) is 0 Å². The molecule has 1 aromatic carbocycles. The van der Waals surface area contributed by atoms with Gasteiger partial charge in [-0.3, -0.25) is 0 Å². The number of H-pyrrole nitrogens is 1. The van der Waals surface area contributed by atoms with Crippen LogP contribution in [0.3, 0.4) is 0 Å². The van der Waals surface area contributed by atoms with E-state index in [2.05, 4.69) is 20.6 Å². The number of benzene rings is 1. The van der Waals surface area contributed by atoms with Crippen molar-refractivity contribution in [1.82, 2.24) is 20.6 Å². The summed E-state index contributed by atoms with van der Waals surface area (Å²) in [5, 5.41) is 14.0. The van der Waals surface area contributed by atoms with Crippen LogP contribution in [0.4, 0.5) is 0 Å². The number of fused-ring (bicyclic) bond motifs is 3. The lowest BCUT2D eigenvalue weighted by molar-refractivity contribution is 0.542. The smallest absolute Gasteiger partial charge is 0.347 e. The molecule has 4 rings (SSSR count). The molecule has 3 aromatic heterocycles. The topological polar surface area (TPSA) is 115 Å². The van der Waals surface area contributed by atoms with Crippen molar-refractivity contribution < 1.29 is 8.83 Å². The van der Waals surface area contributed by atoms with E-state index in [0.717, 1.165) is 0 Å². The molecule has 0 aliphatic rings. The number of rotatable bonds is 1. The first-order valence-corrected chi connectivity index (χ1v) is 6.40. The molecular formula is C14H8N4O4. The van der Waals surface area contributed by atoms with Crippen molar-refractivity contribution in [3.63, 3.8) is 0 Å². The second-order valence-electron chi connectivity index (χ2n) is 4.71. The van der Waals surface area contributed by atoms with E-state index >= 15 is 0 Å². The van der Waals surface area contributed by atoms with Crippen molar-refractivity contribution in [2.24, 2.45) is 0 Å². The molecule has 4 aromatic rings. The first-order chi connectivity index (χ1) is 10.7. The van der Waals surface area contributed by atoms with Gasteiger partial charge in [-0.05, 0) is 29.8 Å². The summed E-state index contributed by atoms with van der Waals surface area (Å²) < 4.78 is 10.6. The molecule has 1 N–H and O–H groups in total. The number of hydrogen-bond donors (Lipinski definition) is 1. The average molecular weight is 296 g/mol. The first kappa shape index (κ1) is 12.5.